The van der Waals surface area contributed by atoms with Crippen molar-refractivity contribution in [2.24, 2.45) is 0 Å². The van der Waals surface area contributed by atoms with Gasteiger partial charge in [-0.05, 0) is 43.1 Å². The second-order valence-corrected chi connectivity index (χ2v) is 5.38. The van der Waals surface area contributed by atoms with Crippen LogP contribution in [0.5, 0.6) is 0 Å². The molecule has 2 aromatic carbocycles. The van der Waals surface area contributed by atoms with Gasteiger partial charge < -0.3 is 5.32 Å². The summed E-state index contributed by atoms with van der Waals surface area (Å²) in [6, 6.07) is 13.3. The Morgan fingerprint density at radius 1 is 1.10 bits per heavy atom. The monoisotopic (exact) mass is 291 g/mol. The quantitative estimate of drug-likeness (QED) is 0.828. The first-order valence-electron chi connectivity index (χ1n) is 6.86. The summed E-state index contributed by atoms with van der Waals surface area (Å²) in [6.45, 7) is 5.05. The van der Waals surface area contributed by atoms with Crippen LogP contribution >= 0.6 is 11.6 Å². The van der Waals surface area contributed by atoms with Crippen molar-refractivity contribution in [2.45, 2.75) is 26.3 Å². The predicted molar refractivity (Wildman–Crippen MR) is 82.7 cm³/mol. The summed E-state index contributed by atoms with van der Waals surface area (Å²) in [5.74, 6) is -0.375. The summed E-state index contributed by atoms with van der Waals surface area (Å²) >= 11 is 5.76. The molecule has 0 fully saturated rings. The number of aryl methyl sites for hydroxylation is 1. The summed E-state index contributed by atoms with van der Waals surface area (Å²) in [7, 11) is 0. The molecule has 0 saturated heterocycles. The second kappa shape index (κ2) is 6.87. The maximum atomic E-state index is 13.7. The van der Waals surface area contributed by atoms with Crippen LogP contribution in [0.15, 0.2) is 42.5 Å². The van der Waals surface area contributed by atoms with Gasteiger partial charge in [-0.1, -0.05) is 54.4 Å². The number of hydrogen-bond acceptors (Lipinski definition) is 1. The molecule has 3 heteroatoms. The van der Waals surface area contributed by atoms with Crippen molar-refractivity contribution in [3.63, 3.8) is 0 Å². The zero-order valence-electron chi connectivity index (χ0n) is 11.8. The number of benzene rings is 2. The molecule has 20 heavy (non-hydrogen) atoms. The van der Waals surface area contributed by atoms with Crippen molar-refractivity contribution in [1.82, 2.24) is 5.32 Å². The molecule has 1 unspecified atom stereocenters. The summed E-state index contributed by atoms with van der Waals surface area (Å²) in [5, 5.41) is 3.62. The van der Waals surface area contributed by atoms with Gasteiger partial charge in [-0.2, -0.15) is 0 Å². The Labute approximate surface area is 124 Å². The van der Waals surface area contributed by atoms with Crippen LogP contribution < -0.4 is 5.32 Å². The van der Waals surface area contributed by atoms with E-state index in [0.717, 1.165) is 24.1 Å². The standard InChI is InChI=1S/C17H19ClFN/c1-3-10-20-17(13-6-4-12(2)5-7-13)14-8-9-15(18)16(19)11-14/h4-9,11,17,20H,3,10H2,1-2H3. The molecule has 0 heterocycles. The summed E-state index contributed by atoms with van der Waals surface area (Å²) < 4.78 is 13.7. The lowest BCUT2D eigenvalue weighted by Gasteiger charge is -2.20. The van der Waals surface area contributed by atoms with Crippen molar-refractivity contribution < 1.29 is 4.39 Å². The number of rotatable bonds is 5. The van der Waals surface area contributed by atoms with Crippen LogP contribution in [0.4, 0.5) is 4.39 Å². The minimum absolute atomic E-state index is 0.0117. The van der Waals surface area contributed by atoms with E-state index >= 15 is 0 Å². The molecule has 1 N–H and O–H groups in total. The molecule has 1 atom stereocenters. The molecule has 0 bridgehead atoms. The van der Waals surface area contributed by atoms with Gasteiger partial charge >= 0.3 is 0 Å². The van der Waals surface area contributed by atoms with E-state index in [1.807, 2.05) is 6.07 Å². The molecule has 0 aromatic heterocycles. The van der Waals surface area contributed by atoms with Gasteiger partial charge in [0.1, 0.15) is 5.82 Å². The minimum Gasteiger partial charge on any atom is -0.306 e. The maximum absolute atomic E-state index is 13.7. The molecule has 2 aromatic rings. The molecule has 2 rings (SSSR count). The summed E-state index contributed by atoms with van der Waals surface area (Å²) in [5.41, 5.74) is 3.24. The average molecular weight is 292 g/mol. The molecule has 1 nitrogen and oxygen atoms in total. The fourth-order valence-electron chi connectivity index (χ4n) is 2.17. The van der Waals surface area contributed by atoms with E-state index in [-0.39, 0.29) is 16.9 Å². The Hall–Kier alpha value is -1.38. The number of hydrogen-bond donors (Lipinski definition) is 1. The third kappa shape index (κ3) is 3.59. The zero-order chi connectivity index (χ0) is 14.5. The van der Waals surface area contributed by atoms with E-state index in [9.17, 15) is 4.39 Å². The fraction of sp³-hybridized carbons (Fsp3) is 0.294. The van der Waals surface area contributed by atoms with Gasteiger partial charge in [0, 0.05) is 0 Å². The first kappa shape index (κ1) is 15.0. The third-order valence-electron chi connectivity index (χ3n) is 3.29. The van der Waals surface area contributed by atoms with Gasteiger partial charge in [0.15, 0.2) is 0 Å². The molecule has 0 amide bonds. The molecular weight excluding hydrogens is 273 g/mol. The molecule has 0 aliphatic heterocycles. The lowest BCUT2D eigenvalue weighted by atomic mass is 9.97. The van der Waals surface area contributed by atoms with Crippen LogP contribution in [0.25, 0.3) is 0 Å². The van der Waals surface area contributed by atoms with Crippen molar-refractivity contribution in [3.05, 3.63) is 70.0 Å². The van der Waals surface area contributed by atoms with Gasteiger partial charge in [0.25, 0.3) is 0 Å². The Morgan fingerprint density at radius 3 is 2.35 bits per heavy atom. The second-order valence-electron chi connectivity index (χ2n) is 4.97. The average Bonchev–Trinajstić information content (AvgIpc) is 2.45. The third-order valence-corrected chi connectivity index (χ3v) is 3.59. The molecule has 106 valence electrons. The summed E-state index contributed by atoms with van der Waals surface area (Å²) in [6.07, 6.45) is 1.03. The SMILES string of the molecule is CCCNC(c1ccc(C)cc1)c1ccc(Cl)c(F)c1. The van der Waals surface area contributed by atoms with E-state index in [1.165, 1.54) is 11.6 Å². The van der Waals surface area contributed by atoms with Crippen molar-refractivity contribution in [3.8, 4) is 0 Å². The molecule has 0 radical (unpaired) electrons. The number of halogens is 2. The Kier molecular flexibility index (Phi) is 5.16. The van der Waals surface area contributed by atoms with E-state index in [2.05, 4.69) is 43.4 Å². The normalized spacial score (nSPS) is 12.4. The van der Waals surface area contributed by atoms with Crippen LogP contribution in [-0.4, -0.2) is 6.54 Å². The molecule has 0 spiro atoms. The molecule has 0 aliphatic carbocycles. The van der Waals surface area contributed by atoms with Crippen molar-refractivity contribution in [2.75, 3.05) is 6.54 Å². The van der Waals surface area contributed by atoms with E-state index < -0.39 is 0 Å². The van der Waals surface area contributed by atoms with Crippen LogP contribution in [-0.2, 0) is 0 Å². The van der Waals surface area contributed by atoms with E-state index in [1.54, 1.807) is 6.07 Å². The highest BCUT2D eigenvalue weighted by molar-refractivity contribution is 6.30. The lowest BCUT2D eigenvalue weighted by Crippen LogP contribution is -2.23. The van der Waals surface area contributed by atoms with Gasteiger partial charge in [-0.3, -0.25) is 0 Å². The fourth-order valence-corrected chi connectivity index (χ4v) is 2.29. The van der Waals surface area contributed by atoms with Crippen LogP contribution in [0.1, 0.15) is 36.1 Å². The Morgan fingerprint density at radius 2 is 1.75 bits per heavy atom. The Bertz CT molecular complexity index is 566. The van der Waals surface area contributed by atoms with Gasteiger partial charge in [0.05, 0.1) is 11.1 Å². The first-order chi connectivity index (χ1) is 9.61. The van der Waals surface area contributed by atoms with E-state index in [0.29, 0.717) is 0 Å². The molecular formula is C17H19ClFN. The van der Waals surface area contributed by atoms with Crippen LogP contribution in [0.2, 0.25) is 5.02 Å². The largest absolute Gasteiger partial charge is 0.306 e. The summed E-state index contributed by atoms with van der Waals surface area (Å²) in [4.78, 5) is 0. The topological polar surface area (TPSA) is 12.0 Å². The zero-order valence-corrected chi connectivity index (χ0v) is 12.5. The smallest absolute Gasteiger partial charge is 0.142 e. The molecule has 0 saturated carbocycles. The highest BCUT2D eigenvalue weighted by atomic mass is 35.5. The van der Waals surface area contributed by atoms with Gasteiger partial charge in [-0.15, -0.1) is 0 Å². The van der Waals surface area contributed by atoms with Crippen molar-refractivity contribution in [1.29, 1.82) is 0 Å². The minimum atomic E-state index is -0.375. The van der Waals surface area contributed by atoms with Gasteiger partial charge in [0.2, 0.25) is 0 Å². The van der Waals surface area contributed by atoms with Crippen LogP contribution in [0.3, 0.4) is 0 Å². The van der Waals surface area contributed by atoms with E-state index in [4.69, 9.17) is 11.6 Å². The Balaban J connectivity index is 2.35. The maximum Gasteiger partial charge on any atom is 0.142 e. The number of nitrogens with one attached hydrogen (secondary N) is 1. The van der Waals surface area contributed by atoms with Crippen LogP contribution in [0, 0.1) is 12.7 Å². The molecule has 0 aliphatic rings. The predicted octanol–water partition coefficient (Wildman–Crippen LogP) is 4.88. The van der Waals surface area contributed by atoms with Gasteiger partial charge in [-0.25, -0.2) is 4.39 Å². The van der Waals surface area contributed by atoms with Crippen molar-refractivity contribution >= 4 is 11.6 Å². The highest BCUT2D eigenvalue weighted by Gasteiger charge is 2.14. The first-order valence-corrected chi connectivity index (χ1v) is 7.24. The lowest BCUT2D eigenvalue weighted by molar-refractivity contribution is 0.585. The highest BCUT2D eigenvalue weighted by Crippen LogP contribution is 2.25.